The van der Waals surface area contributed by atoms with Crippen LogP contribution >= 0.6 is 0 Å². The van der Waals surface area contributed by atoms with Gasteiger partial charge in [-0.25, -0.2) is 4.98 Å². The molecule has 22 heavy (non-hydrogen) atoms. The van der Waals surface area contributed by atoms with Gasteiger partial charge in [0.2, 0.25) is 5.88 Å². The highest BCUT2D eigenvalue weighted by Crippen LogP contribution is 2.11. The van der Waals surface area contributed by atoms with Crippen molar-refractivity contribution in [3.63, 3.8) is 0 Å². The number of ether oxygens (including phenoxy) is 1. The maximum Gasteiger partial charge on any atom is 0.213 e. The molecule has 0 fully saturated rings. The fourth-order valence-corrected chi connectivity index (χ4v) is 2.00. The summed E-state index contributed by atoms with van der Waals surface area (Å²) < 4.78 is 10.3. The Morgan fingerprint density at radius 3 is 2.73 bits per heavy atom. The summed E-state index contributed by atoms with van der Waals surface area (Å²) in [5.41, 5.74) is 3.00. The third-order valence-electron chi connectivity index (χ3n) is 3.31. The molecule has 0 saturated heterocycles. The highest BCUT2D eigenvalue weighted by molar-refractivity contribution is 5.79. The smallest absolute Gasteiger partial charge is 0.213 e. The van der Waals surface area contributed by atoms with Crippen molar-refractivity contribution >= 4 is 5.96 Å². The first-order valence-electron chi connectivity index (χ1n) is 6.99. The fraction of sp³-hybridized carbons (Fsp3) is 0.400. The minimum absolute atomic E-state index is 0.595. The molecule has 2 aromatic heterocycles. The third-order valence-corrected chi connectivity index (χ3v) is 3.31. The Morgan fingerprint density at radius 1 is 1.32 bits per heavy atom. The van der Waals surface area contributed by atoms with Gasteiger partial charge >= 0.3 is 0 Å². The molecule has 2 aromatic rings. The molecule has 0 aliphatic rings. The van der Waals surface area contributed by atoms with Crippen LogP contribution in [0.3, 0.4) is 0 Å². The van der Waals surface area contributed by atoms with E-state index in [1.165, 1.54) is 0 Å². The van der Waals surface area contributed by atoms with Crippen molar-refractivity contribution in [1.29, 1.82) is 0 Å². The average molecular weight is 303 g/mol. The second kappa shape index (κ2) is 7.44. The van der Waals surface area contributed by atoms with Gasteiger partial charge in [0, 0.05) is 38.0 Å². The van der Waals surface area contributed by atoms with Gasteiger partial charge in [0.15, 0.2) is 5.96 Å². The number of nitrogens with one attached hydrogen (secondary N) is 2. The molecule has 2 rings (SSSR count). The third kappa shape index (κ3) is 3.97. The molecule has 0 unspecified atom stereocenters. The number of aryl methyl sites for hydroxylation is 2. The van der Waals surface area contributed by atoms with Crippen LogP contribution in [-0.2, 0) is 13.1 Å². The zero-order valence-electron chi connectivity index (χ0n) is 13.3. The van der Waals surface area contributed by atoms with E-state index >= 15 is 0 Å². The van der Waals surface area contributed by atoms with Crippen molar-refractivity contribution in [2.75, 3.05) is 14.2 Å². The summed E-state index contributed by atoms with van der Waals surface area (Å²) in [5.74, 6) is 2.12. The van der Waals surface area contributed by atoms with Crippen LogP contribution in [-0.4, -0.2) is 30.3 Å². The van der Waals surface area contributed by atoms with Gasteiger partial charge in [-0.2, -0.15) is 0 Å². The van der Waals surface area contributed by atoms with Crippen LogP contribution in [0.15, 0.2) is 27.8 Å². The SMILES string of the molecule is CN=C(NCc1ccnc(OC)c1)NCc1c(C)noc1C. The first-order valence-corrected chi connectivity index (χ1v) is 6.99. The van der Waals surface area contributed by atoms with E-state index in [-0.39, 0.29) is 0 Å². The topological polar surface area (TPSA) is 84.6 Å². The molecule has 0 saturated carbocycles. The normalized spacial score (nSPS) is 11.4. The first kappa shape index (κ1) is 15.8. The minimum atomic E-state index is 0.595. The molecular formula is C15H21N5O2. The second-order valence-corrected chi connectivity index (χ2v) is 4.79. The summed E-state index contributed by atoms with van der Waals surface area (Å²) in [6, 6.07) is 3.81. The molecule has 0 radical (unpaired) electrons. The summed E-state index contributed by atoms with van der Waals surface area (Å²) in [4.78, 5) is 8.28. The number of guanidine groups is 1. The fourth-order valence-electron chi connectivity index (χ4n) is 2.00. The zero-order valence-corrected chi connectivity index (χ0v) is 13.3. The maximum atomic E-state index is 5.14. The van der Waals surface area contributed by atoms with Gasteiger partial charge in [0.25, 0.3) is 0 Å². The Hall–Kier alpha value is -2.57. The molecule has 7 heteroatoms. The van der Waals surface area contributed by atoms with Crippen LogP contribution in [0.2, 0.25) is 0 Å². The number of rotatable bonds is 5. The van der Waals surface area contributed by atoms with Gasteiger partial charge in [-0.15, -0.1) is 0 Å². The van der Waals surface area contributed by atoms with Crippen molar-refractivity contribution in [2.24, 2.45) is 4.99 Å². The number of nitrogens with zero attached hydrogens (tertiary/aromatic N) is 3. The predicted octanol–water partition coefficient (Wildman–Crippen LogP) is 1.56. The van der Waals surface area contributed by atoms with Crippen LogP contribution in [0.25, 0.3) is 0 Å². The van der Waals surface area contributed by atoms with Crippen LogP contribution in [0.4, 0.5) is 0 Å². The number of pyridine rings is 1. The van der Waals surface area contributed by atoms with Gasteiger partial charge in [-0.3, -0.25) is 4.99 Å². The lowest BCUT2D eigenvalue weighted by molar-refractivity contribution is 0.392. The zero-order chi connectivity index (χ0) is 15.9. The van der Waals surface area contributed by atoms with E-state index in [0.29, 0.717) is 24.9 Å². The maximum absolute atomic E-state index is 5.14. The summed E-state index contributed by atoms with van der Waals surface area (Å²) in [6.45, 7) is 5.06. The predicted molar refractivity (Wildman–Crippen MR) is 83.8 cm³/mol. The second-order valence-electron chi connectivity index (χ2n) is 4.79. The van der Waals surface area contributed by atoms with Crippen LogP contribution < -0.4 is 15.4 Å². The van der Waals surface area contributed by atoms with E-state index in [2.05, 4.69) is 25.8 Å². The summed E-state index contributed by atoms with van der Waals surface area (Å²) in [6.07, 6.45) is 1.72. The summed E-state index contributed by atoms with van der Waals surface area (Å²) in [7, 11) is 3.33. The van der Waals surface area contributed by atoms with E-state index in [1.54, 1.807) is 20.4 Å². The first-order chi connectivity index (χ1) is 10.6. The van der Waals surface area contributed by atoms with Crippen molar-refractivity contribution < 1.29 is 9.26 Å². The van der Waals surface area contributed by atoms with Gasteiger partial charge in [0.1, 0.15) is 5.76 Å². The van der Waals surface area contributed by atoms with Gasteiger partial charge < -0.3 is 19.9 Å². The van der Waals surface area contributed by atoms with Crippen molar-refractivity contribution in [2.45, 2.75) is 26.9 Å². The Morgan fingerprint density at radius 2 is 2.09 bits per heavy atom. The van der Waals surface area contributed by atoms with Gasteiger partial charge in [-0.1, -0.05) is 5.16 Å². The summed E-state index contributed by atoms with van der Waals surface area (Å²) in [5, 5.41) is 10.4. The molecule has 2 heterocycles. The molecule has 0 atom stereocenters. The molecule has 0 aliphatic carbocycles. The van der Waals surface area contributed by atoms with Crippen molar-refractivity contribution in [3.8, 4) is 5.88 Å². The number of methoxy groups -OCH3 is 1. The summed E-state index contributed by atoms with van der Waals surface area (Å²) >= 11 is 0. The average Bonchev–Trinajstić information content (AvgIpc) is 2.86. The lowest BCUT2D eigenvalue weighted by Crippen LogP contribution is -2.36. The largest absolute Gasteiger partial charge is 0.481 e. The van der Waals surface area contributed by atoms with E-state index < -0.39 is 0 Å². The van der Waals surface area contributed by atoms with Crippen LogP contribution in [0.5, 0.6) is 5.88 Å². The van der Waals surface area contributed by atoms with Gasteiger partial charge in [-0.05, 0) is 25.5 Å². The van der Waals surface area contributed by atoms with E-state index in [4.69, 9.17) is 9.26 Å². The molecule has 0 spiro atoms. The van der Waals surface area contributed by atoms with E-state index in [0.717, 1.165) is 22.6 Å². The Kier molecular flexibility index (Phi) is 5.35. The monoisotopic (exact) mass is 303 g/mol. The molecular weight excluding hydrogens is 282 g/mol. The van der Waals surface area contributed by atoms with Crippen LogP contribution in [0.1, 0.15) is 22.6 Å². The molecule has 7 nitrogen and oxygen atoms in total. The van der Waals surface area contributed by atoms with Crippen molar-refractivity contribution in [3.05, 3.63) is 40.9 Å². The van der Waals surface area contributed by atoms with E-state index in [1.807, 2.05) is 26.0 Å². The number of hydrogen-bond acceptors (Lipinski definition) is 5. The standard InChI is InChI=1S/C15H21N5O2/c1-10-13(11(2)22-20-10)9-19-15(16-3)18-8-12-5-6-17-14(7-12)21-4/h5-7H,8-9H2,1-4H3,(H2,16,18,19). The minimum Gasteiger partial charge on any atom is -0.481 e. The number of aromatic nitrogens is 2. The van der Waals surface area contributed by atoms with Gasteiger partial charge in [0.05, 0.1) is 12.8 Å². The number of hydrogen-bond donors (Lipinski definition) is 2. The van der Waals surface area contributed by atoms with Crippen molar-refractivity contribution in [1.82, 2.24) is 20.8 Å². The Bertz CT molecular complexity index is 632. The lowest BCUT2D eigenvalue weighted by atomic mass is 10.2. The Balaban J connectivity index is 1.90. The highest BCUT2D eigenvalue weighted by Gasteiger charge is 2.09. The molecule has 0 bridgehead atoms. The molecule has 0 aromatic carbocycles. The molecule has 0 amide bonds. The molecule has 0 aliphatic heterocycles. The highest BCUT2D eigenvalue weighted by atomic mass is 16.5. The Labute approximate surface area is 129 Å². The lowest BCUT2D eigenvalue weighted by Gasteiger charge is -2.12. The quantitative estimate of drug-likeness (QED) is 0.644. The number of aliphatic imine (C=N–C) groups is 1. The molecule has 118 valence electrons. The molecule has 2 N–H and O–H groups in total. The van der Waals surface area contributed by atoms with E-state index in [9.17, 15) is 0 Å². The van der Waals surface area contributed by atoms with Crippen LogP contribution in [0, 0.1) is 13.8 Å².